The molecular formula is C61H44F54N6O8. The summed E-state index contributed by atoms with van der Waals surface area (Å²) in [6.45, 7) is -19.4. The Balaban J connectivity index is 1.77. The van der Waals surface area contributed by atoms with Crippen molar-refractivity contribution in [2.75, 3.05) is 95.2 Å². The zero-order valence-electron chi connectivity index (χ0n) is 61.0. The van der Waals surface area contributed by atoms with Crippen LogP contribution in [0.15, 0.2) is 54.6 Å². The normalized spacial score (nSPS) is 14.9. The van der Waals surface area contributed by atoms with Crippen molar-refractivity contribution in [1.82, 2.24) is 15.0 Å². The number of rotatable bonds is 50. The third-order valence-electron chi connectivity index (χ3n) is 16.4. The molecule has 0 unspecified atom stereocenters. The molecule has 68 heteroatoms. The van der Waals surface area contributed by atoms with Gasteiger partial charge in [-0.2, -0.15) is 243 Å². The maximum Gasteiger partial charge on any atom is 0.460 e. The second-order valence-corrected chi connectivity index (χ2v) is 25.5. The van der Waals surface area contributed by atoms with E-state index in [1.54, 1.807) is 0 Å². The second-order valence-electron chi connectivity index (χ2n) is 25.5. The number of hydrogen-bond donors (Lipinski definition) is 3. The van der Waals surface area contributed by atoms with Crippen molar-refractivity contribution in [2.45, 2.75) is 169 Å². The van der Waals surface area contributed by atoms with Crippen molar-refractivity contribution in [3.05, 3.63) is 66.2 Å². The highest BCUT2D eigenvalue weighted by molar-refractivity contribution is 5.65. The molecule has 14 nitrogen and oxygen atoms in total. The Morgan fingerprint density at radius 2 is 0.380 bits per heavy atom. The van der Waals surface area contributed by atoms with Gasteiger partial charge in [0.05, 0.1) is 52.9 Å². The number of aromatic nitrogens is 3. The third kappa shape index (κ3) is 21.8. The van der Waals surface area contributed by atoms with Crippen molar-refractivity contribution in [2.24, 2.45) is 0 Å². The van der Waals surface area contributed by atoms with Gasteiger partial charge in [0.25, 0.3) is 0 Å². The Bertz CT molecular complexity index is 4120. The molecule has 0 saturated heterocycles. The molecule has 3 N–H and O–H groups in total. The summed E-state index contributed by atoms with van der Waals surface area (Å²) in [6.07, 6.45) is -43.2. The first-order chi connectivity index (χ1) is 57.5. The van der Waals surface area contributed by atoms with Crippen LogP contribution in [0.2, 0.25) is 0 Å². The van der Waals surface area contributed by atoms with Crippen LogP contribution in [0.25, 0.3) is 0 Å². The fourth-order valence-electron chi connectivity index (χ4n) is 9.03. The van der Waals surface area contributed by atoms with Gasteiger partial charge in [-0.25, -0.2) is 8.78 Å². The summed E-state index contributed by atoms with van der Waals surface area (Å²) in [7, 11) is 0. The fraction of sp³-hybridized carbons (Fsp3) is 0.656. The quantitative estimate of drug-likeness (QED) is 0.0284. The van der Waals surface area contributed by atoms with Crippen molar-refractivity contribution in [3.8, 4) is 23.0 Å². The van der Waals surface area contributed by atoms with Crippen molar-refractivity contribution >= 4 is 34.9 Å². The van der Waals surface area contributed by atoms with Gasteiger partial charge in [0, 0.05) is 60.9 Å². The number of ether oxygens (including phenoxy) is 8. The zero-order chi connectivity index (χ0) is 101. The third-order valence-corrected chi connectivity index (χ3v) is 16.4. The molecule has 0 amide bonds. The van der Waals surface area contributed by atoms with E-state index in [2.05, 4.69) is 49.8 Å². The van der Waals surface area contributed by atoms with Gasteiger partial charge in [0.1, 0.15) is 26.4 Å². The monoisotopic (exact) mass is 2010 g/mol. The van der Waals surface area contributed by atoms with E-state index in [9.17, 15) is 237 Å². The number of hydrogen-bond acceptors (Lipinski definition) is 14. The average Bonchev–Trinajstić information content (AvgIpc) is 0.725. The molecule has 129 heavy (non-hydrogen) atoms. The Hall–Kier alpha value is -8.67. The van der Waals surface area contributed by atoms with Crippen LogP contribution in [0.4, 0.5) is 272 Å². The van der Waals surface area contributed by atoms with Gasteiger partial charge in [-0.3, -0.25) is 0 Å². The molecule has 0 aliphatic carbocycles. The van der Waals surface area contributed by atoms with Crippen LogP contribution in [-0.4, -0.2) is 237 Å². The first-order valence-corrected chi connectivity index (χ1v) is 33.0. The molecule has 0 aliphatic heterocycles. The lowest BCUT2D eigenvalue weighted by atomic mass is 9.93. The lowest BCUT2D eigenvalue weighted by Crippen LogP contribution is -2.70. The molecule has 0 atom stereocenters. The molecule has 0 saturated carbocycles. The largest absolute Gasteiger partial charge is 0.487 e. The Morgan fingerprint density at radius 1 is 0.194 bits per heavy atom. The van der Waals surface area contributed by atoms with E-state index in [1.165, 1.54) is 0 Å². The Kier molecular flexibility index (Phi) is 33.0. The first kappa shape index (κ1) is 113. The van der Waals surface area contributed by atoms with Crippen molar-refractivity contribution < 1.29 is 275 Å². The Morgan fingerprint density at radius 3 is 0.581 bits per heavy atom. The molecule has 4 rings (SSSR count). The van der Waals surface area contributed by atoms with E-state index in [1.807, 2.05) is 0 Å². The molecule has 0 aliphatic rings. The number of nitrogens with one attached hydrogen (secondary N) is 3. The van der Waals surface area contributed by atoms with Crippen LogP contribution in [0, 0.1) is 11.6 Å². The minimum absolute atomic E-state index is 0.348. The molecule has 3 aromatic carbocycles. The van der Waals surface area contributed by atoms with Gasteiger partial charge < -0.3 is 53.8 Å². The summed E-state index contributed by atoms with van der Waals surface area (Å²) < 4.78 is 777. The summed E-state index contributed by atoms with van der Waals surface area (Å²) in [5.74, 6) is -167. The number of nitrogens with zero attached hydrogens (tertiary/aromatic N) is 3. The maximum absolute atomic E-state index is 14.5. The predicted molar refractivity (Wildman–Crippen MR) is 316 cm³/mol. The van der Waals surface area contributed by atoms with E-state index in [4.69, 9.17) is 18.9 Å². The molecule has 4 aromatic rings. The second kappa shape index (κ2) is 37.8. The maximum atomic E-state index is 14.5. The molecular weight excluding hydrogens is 1970 g/mol. The highest BCUT2D eigenvalue weighted by atomic mass is 19.5. The van der Waals surface area contributed by atoms with E-state index in [0.29, 0.717) is 54.6 Å². The summed E-state index contributed by atoms with van der Waals surface area (Å²) >= 11 is 0. The minimum Gasteiger partial charge on any atom is -0.487 e. The standard InChI is InChI=1S/C61H44F54N6O8/c62-29-4-1-26(23-30(29)63)116-35-119-36(117-27-2-5-31(126-19-15-122-11-7-38(64,65)42(72,73)46(80,81)50(88,89)54(96,97)58(104,105)106)33(24-27)128-21-17-124-13-9-40(68,69)44(76,77)48(84,85)52(92,93)56(100,101)60(110,111)112)121-37(120-35)118-28-3-6-32(127-20-16-123-12-8-39(66,67)43(74,75)47(82,83)51(90,91)55(98,99)59(107,108)109)34(25-28)129-22-18-125-14-10-41(70,71)45(78,79)49(86,87)53(94,95)57(102,103)61(113,114)115/h1-6,23-25H,7-22H2,(H3,116,117,118,119,120,121). The minimum atomic E-state index is -8.36. The summed E-state index contributed by atoms with van der Waals surface area (Å²) in [5, 5.41) is 6.77. The average molecular weight is 2010 g/mol. The van der Waals surface area contributed by atoms with Gasteiger partial charge in [-0.15, -0.1) is 0 Å². The fourth-order valence-corrected chi connectivity index (χ4v) is 9.03. The van der Waals surface area contributed by atoms with Crippen molar-refractivity contribution in [1.29, 1.82) is 0 Å². The molecule has 1 aromatic heterocycles. The summed E-state index contributed by atoms with van der Waals surface area (Å²) in [6, 6.07) is 5.14. The SMILES string of the molecule is Fc1ccc(Nc2nc(Nc3ccc(OCCOCCC(F)(F)C(F)(F)C(F)(F)C(F)(F)C(F)(F)C(F)(F)F)c(OCCOCCC(F)(F)C(F)(F)C(F)(F)C(F)(F)C(F)(F)C(F)(F)F)c3)nc(Nc3ccc(OCCOCCC(F)(F)C(F)(F)C(F)(F)C(F)(F)C(F)(F)C(F)(F)F)c(OCCOCCC(F)(F)C(F)(F)C(F)(F)C(F)(F)C(F)(F)C(F)(F)F)c3)n2)cc1F. The highest BCUT2D eigenvalue weighted by Crippen LogP contribution is 2.66. The van der Waals surface area contributed by atoms with Crippen LogP contribution < -0.4 is 34.9 Å². The van der Waals surface area contributed by atoms with Gasteiger partial charge in [-0.05, 0) is 36.4 Å². The molecule has 0 bridgehead atoms. The molecule has 0 radical (unpaired) electrons. The number of alkyl halides is 52. The van der Waals surface area contributed by atoms with Crippen LogP contribution in [0.5, 0.6) is 23.0 Å². The van der Waals surface area contributed by atoms with Crippen LogP contribution in [-0.2, 0) is 18.9 Å². The number of anilines is 6. The first-order valence-electron chi connectivity index (χ1n) is 33.0. The topological polar surface area (TPSA) is 149 Å². The van der Waals surface area contributed by atoms with Crippen LogP contribution in [0.1, 0.15) is 25.7 Å². The lowest BCUT2D eigenvalue weighted by molar-refractivity contribution is -0.440. The van der Waals surface area contributed by atoms with Gasteiger partial charge >= 0.3 is 143 Å². The van der Waals surface area contributed by atoms with Gasteiger partial charge in [0.15, 0.2) is 34.6 Å². The predicted octanol–water partition coefficient (Wildman–Crippen LogP) is 23.5. The molecule has 1 heterocycles. The molecule has 744 valence electrons. The van der Waals surface area contributed by atoms with E-state index < -0.39 is 318 Å². The highest BCUT2D eigenvalue weighted by Gasteiger charge is 2.95. The number of benzene rings is 3. The zero-order valence-corrected chi connectivity index (χ0v) is 61.0. The van der Waals surface area contributed by atoms with Crippen LogP contribution in [0.3, 0.4) is 0 Å². The number of halogens is 54. The summed E-state index contributed by atoms with van der Waals surface area (Å²) in [5.41, 5.74) is -1.85. The smallest absolute Gasteiger partial charge is 0.460 e. The van der Waals surface area contributed by atoms with Crippen molar-refractivity contribution in [3.63, 3.8) is 0 Å². The van der Waals surface area contributed by atoms with E-state index in [0.717, 1.165) is 0 Å². The molecule has 0 fully saturated rings. The molecule has 0 spiro atoms. The Labute approximate surface area is 677 Å². The van der Waals surface area contributed by atoms with E-state index >= 15 is 0 Å². The van der Waals surface area contributed by atoms with Gasteiger partial charge in [-0.1, -0.05) is 0 Å². The summed E-state index contributed by atoms with van der Waals surface area (Å²) in [4.78, 5) is 11.5. The van der Waals surface area contributed by atoms with Crippen LogP contribution >= 0.6 is 0 Å². The van der Waals surface area contributed by atoms with Gasteiger partial charge in [0.2, 0.25) is 17.8 Å². The van der Waals surface area contributed by atoms with E-state index in [-0.39, 0.29) is 0 Å². The lowest BCUT2D eigenvalue weighted by Gasteiger charge is -2.39.